The van der Waals surface area contributed by atoms with Gasteiger partial charge in [-0.1, -0.05) is 13.8 Å². The number of nitrogens with one attached hydrogen (secondary N) is 2. The maximum absolute atomic E-state index is 4.51. The second kappa shape index (κ2) is 5.84. The molecule has 1 rings (SSSR count). The largest absolute Gasteiger partial charge is 0.365 e. The second-order valence-electron chi connectivity index (χ2n) is 4.65. The minimum absolute atomic E-state index is 0.0998. The monoisotopic (exact) mass is 236 g/mol. The highest BCUT2D eigenvalue weighted by atomic mass is 15.2. The summed E-state index contributed by atoms with van der Waals surface area (Å²) in [5.41, 5.74) is 1.18. The highest BCUT2D eigenvalue weighted by Gasteiger charge is 2.20. The molecule has 96 valence electrons. The first-order valence-electron chi connectivity index (χ1n) is 6.40. The summed E-state index contributed by atoms with van der Waals surface area (Å²) in [5, 5.41) is 6.67. The lowest BCUT2D eigenvalue weighted by Gasteiger charge is -2.29. The molecule has 17 heavy (non-hydrogen) atoms. The molecule has 0 aliphatic rings. The van der Waals surface area contributed by atoms with E-state index in [1.807, 2.05) is 20.0 Å². The Balaban J connectivity index is 2.92. The average molecular weight is 236 g/mol. The molecule has 0 unspecified atom stereocenters. The smallest absolute Gasteiger partial charge is 0.224 e. The zero-order valence-corrected chi connectivity index (χ0v) is 11.6. The van der Waals surface area contributed by atoms with Crippen molar-refractivity contribution in [3.8, 4) is 0 Å². The Labute approximate surface area is 104 Å². The Kier molecular flexibility index (Phi) is 4.73. The van der Waals surface area contributed by atoms with Crippen LogP contribution >= 0.6 is 0 Å². The SMILES string of the molecule is CCNc1ncc(C)c(NC(C)(CC)CC)n1. The maximum atomic E-state index is 4.51. The Morgan fingerprint density at radius 2 is 1.88 bits per heavy atom. The minimum atomic E-state index is 0.0998. The lowest BCUT2D eigenvalue weighted by molar-refractivity contribution is 0.476. The van der Waals surface area contributed by atoms with E-state index in [4.69, 9.17) is 0 Å². The van der Waals surface area contributed by atoms with Crippen LogP contribution in [0.15, 0.2) is 6.20 Å². The molecule has 0 aliphatic carbocycles. The number of aryl methyl sites for hydroxylation is 1. The van der Waals surface area contributed by atoms with Crippen LogP contribution in [0.3, 0.4) is 0 Å². The molecule has 1 heterocycles. The van der Waals surface area contributed by atoms with Crippen LogP contribution in [0.25, 0.3) is 0 Å². The molecule has 0 atom stereocenters. The summed E-state index contributed by atoms with van der Waals surface area (Å²) in [6.07, 6.45) is 4.01. The molecule has 0 radical (unpaired) electrons. The molecule has 2 N–H and O–H groups in total. The zero-order valence-electron chi connectivity index (χ0n) is 11.6. The Morgan fingerprint density at radius 1 is 1.24 bits per heavy atom. The van der Waals surface area contributed by atoms with Crippen LogP contribution in [-0.4, -0.2) is 22.1 Å². The van der Waals surface area contributed by atoms with Gasteiger partial charge in [0.1, 0.15) is 5.82 Å². The van der Waals surface area contributed by atoms with Crippen LogP contribution < -0.4 is 10.6 Å². The predicted molar refractivity (Wildman–Crippen MR) is 73.5 cm³/mol. The van der Waals surface area contributed by atoms with E-state index >= 15 is 0 Å². The van der Waals surface area contributed by atoms with E-state index in [1.165, 1.54) is 0 Å². The zero-order chi connectivity index (χ0) is 12.9. The van der Waals surface area contributed by atoms with Gasteiger partial charge in [0.25, 0.3) is 0 Å². The first-order chi connectivity index (χ1) is 8.04. The van der Waals surface area contributed by atoms with Crippen molar-refractivity contribution in [3.05, 3.63) is 11.8 Å². The number of aromatic nitrogens is 2. The number of nitrogens with zero attached hydrogens (tertiary/aromatic N) is 2. The summed E-state index contributed by atoms with van der Waals surface area (Å²) in [4.78, 5) is 8.76. The fourth-order valence-corrected chi connectivity index (χ4v) is 1.52. The molecule has 4 nitrogen and oxygen atoms in total. The van der Waals surface area contributed by atoms with Gasteiger partial charge >= 0.3 is 0 Å². The Morgan fingerprint density at radius 3 is 2.41 bits per heavy atom. The molecule has 0 saturated carbocycles. The summed E-state index contributed by atoms with van der Waals surface area (Å²) in [7, 11) is 0. The molecular weight excluding hydrogens is 212 g/mol. The molecule has 0 amide bonds. The van der Waals surface area contributed by atoms with Gasteiger partial charge in [-0.05, 0) is 33.6 Å². The van der Waals surface area contributed by atoms with Crippen molar-refractivity contribution in [2.45, 2.75) is 53.0 Å². The van der Waals surface area contributed by atoms with Gasteiger partial charge < -0.3 is 10.6 Å². The van der Waals surface area contributed by atoms with Gasteiger partial charge in [0.15, 0.2) is 0 Å². The van der Waals surface area contributed by atoms with Crippen molar-refractivity contribution in [1.29, 1.82) is 0 Å². The summed E-state index contributed by atoms with van der Waals surface area (Å²) < 4.78 is 0. The fourth-order valence-electron chi connectivity index (χ4n) is 1.52. The standard InChI is InChI=1S/C13H24N4/c1-6-13(5,7-2)17-11-10(4)9-15-12(16-11)14-8-3/h9H,6-8H2,1-5H3,(H2,14,15,16,17). The highest BCUT2D eigenvalue weighted by Crippen LogP contribution is 2.22. The fraction of sp³-hybridized carbons (Fsp3) is 0.692. The number of rotatable bonds is 6. The summed E-state index contributed by atoms with van der Waals surface area (Å²) in [6, 6.07) is 0. The topological polar surface area (TPSA) is 49.8 Å². The molecule has 1 aromatic heterocycles. The van der Waals surface area contributed by atoms with Gasteiger partial charge in [-0.15, -0.1) is 0 Å². The van der Waals surface area contributed by atoms with Gasteiger partial charge in [-0.25, -0.2) is 4.98 Å². The van der Waals surface area contributed by atoms with E-state index in [2.05, 4.69) is 41.4 Å². The quantitative estimate of drug-likeness (QED) is 0.796. The van der Waals surface area contributed by atoms with Gasteiger partial charge in [-0.2, -0.15) is 4.98 Å². The van der Waals surface area contributed by atoms with Crippen LogP contribution in [0.2, 0.25) is 0 Å². The maximum Gasteiger partial charge on any atom is 0.224 e. The Hall–Kier alpha value is -1.32. The van der Waals surface area contributed by atoms with Crippen molar-refractivity contribution >= 4 is 11.8 Å². The van der Waals surface area contributed by atoms with E-state index in [-0.39, 0.29) is 5.54 Å². The van der Waals surface area contributed by atoms with Gasteiger partial charge in [0.05, 0.1) is 0 Å². The summed E-state index contributed by atoms with van der Waals surface area (Å²) in [6.45, 7) is 11.5. The van der Waals surface area contributed by atoms with Gasteiger partial charge in [0.2, 0.25) is 5.95 Å². The average Bonchev–Trinajstić information content (AvgIpc) is 2.33. The molecule has 0 aliphatic heterocycles. The van der Waals surface area contributed by atoms with Crippen molar-refractivity contribution < 1.29 is 0 Å². The number of hydrogen-bond donors (Lipinski definition) is 2. The normalized spacial score (nSPS) is 11.4. The lowest BCUT2D eigenvalue weighted by Crippen LogP contribution is -2.33. The molecule has 0 spiro atoms. The molecule has 0 bridgehead atoms. The molecule has 0 aromatic carbocycles. The number of anilines is 2. The van der Waals surface area contributed by atoms with Gasteiger partial charge in [0, 0.05) is 23.8 Å². The highest BCUT2D eigenvalue weighted by molar-refractivity contribution is 5.48. The molecule has 4 heteroatoms. The predicted octanol–water partition coefficient (Wildman–Crippen LogP) is 3.21. The molecule has 1 aromatic rings. The first-order valence-corrected chi connectivity index (χ1v) is 6.40. The second-order valence-corrected chi connectivity index (χ2v) is 4.65. The lowest BCUT2D eigenvalue weighted by atomic mass is 9.95. The van der Waals surface area contributed by atoms with Crippen molar-refractivity contribution in [1.82, 2.24) is 9.97 Å². The van der Waals surface area contributed by atoms with E-state index < -0.39 is 0 Å². The third kappa shape index (κ3) is 3.58. The minimum Gasteiger partial charge on any atom is -0.365 e. The van der Waals surface area contributed by atoms with E-state index in [0.29, 0.717) is 5.95 Å². The third-order valence-corrected chi connectivity index (χ3v) is 3.29. The van der Waals surface area contributed by atoms with E-state index in [9.17, 15) is 0 Å². The van der Waals surface area contributed by atoms with Crippen molar-refractivity contribution in [3.63, 3.8) is 0 Å². The van der Waals surface area contributed by atoms with Crippen LogP contribution in [0, 0.1) is 6.92 Å². The number of hydrogen-bond acceptors (Lipinski definition) is 4. The summed E-state index contributed by atoms with van der Waals surface area (Å²) in [5.74, 6) is 1.62. The van der Waals surface area contributed by atoms with Crippen LogP contribution in [-0.2, 0) is 0 Å². The van der Waals surface area contributed by atoms with Crippen molar-refractivity contribution in [2.75, 3.05) is 17.2 Å². The van der Waals surface area contributed by atoms with Gasteiger partial charge in [-0.3, -0.25) is 0 Å². The first kappa shape index (κ1) is 13.7. The Bertz CT molecular complexity index is 358. The van der Waals surface area contributed by atoms with Crippen LogP contribution in [0.1, 0.15) is 46.1 Å². The van der Waals surface area contributed by atoms with E-state index in [0.717, 1.165) is 30.8 Å². The van der Waals surface area contributed by atoms with E-state index in [1.54, 1.807) is 0 Å². The van der Waals surface area contributed by atoms with Crippen molar-refractivity contribution in [2.24, 2.45) is 0 Å². The summed E-state index contributed by atoms with van der Waals surface area (Å²) >= 11 is 0. The van der Waals surface area contributed by atoms with Crippen LogP contribution in [0.5, 0.6) is 0 Å². The third-order valence-electron chi connectivity index (χ3n) is 3.29. The molecule has 0 fully saturated rings. The molecule has 0 saturated heterocycles. The molecular formula is C13H24N4. The van der Waals surface area contributed by atoms with Crippen LogP contribution in [0.4, 0.5) is 11.8 Å².